The number of thioether (sulfide) groups is 1. The fourth-order valence-electron chi connectivity index (χ4n) is 3.12. The maximum Gasteiger partial charge on any atom is 0.303 e. The number of amides is 1. The van der Waals surface area contributed by atoms with Gasteiger partial charge < -0.3 is 10.0 Å². The van der Waals surface area contributed by atoms with Gasteiger partial charge in [0.25, 0.3) is 0 Å². The summed E-state index contributed by atoms with van der Waals surface area (Å²) in [7, 11) is -3.19. The predicted molar refractivity (Wildman–Crippen MR) is 102 cm³/mol. The van der Waals surface area contributed by atoms with Crippen molar-refractivity contribution >= 4 is 50.1 Å². The molecule has 8 nitrogen and oxygen atoms in total. The zero-order valence-corrected chi connectivity index (χ0v) is 16.1. The Morgan fingerprint density at radius 1 is 1.26 bits per heavy atom. The van der Waals surface area contributed by atoms with E-state index >= 15 is 0 Å². The monoisotopic (exact) mass is 410 g/mol. The van der Waals surface area contributed by atoms with Crippen LogP contribution < -0.4 is 4.90 Å². The lowest BCUT2D eigenvalue weighted by Gasteiger charge is -2.24. The number of ketones is 1. The summed E-state index contributed by atoms with van der Waals surface area (Å²) in [4.78, 5) is 40.1. The first-order valence-electron chi connectivity index (χ1n) is 8.27. The molecule has 2 heterocycles. The number of carbonyl (C=O) groups excluding carboxylic acids is 2. The van der Waals surface area contributed by atoms with E-state index in [0.717, 1.165) is 0 Å². The van der Waals surface area contributed by atoms with Crippen LogP contribution in [0, 0.1) is 0 Å². The van der Waals surface area contributed by atoms with Gasteiger partial charge >= 0.3 is 5.97 Å². The number of anilines is 1. The maximum atomic E-state index is 12.0. The van der Waals surface area contributed by atoms with Gasteiger partial charge in [0.2, 0.25) is 5.91 Å². The third kappa shape index (κ3) is 4.38. The van der Waals surface area contributed by atoms with E-state index in [-0.39, 0.29) is 41.4 Å². The molecule has 2 fully saturated rings. The largest absolute Gasteiger partial charge is 0.481 e. The van der Waals surface area contributed by atoms with Gasteiger partial charge in [0.1, 0.15) is 0 Å². The summed E-state index contributed by atoms with van der Waals surface area (Å²) in [6.07, 6.45) is -0.546. The van der Waals surface area contributed by atoms with Crippen LogP contribution in [0.15, 0.2) is 29.3 Å². The van der Waals surface area contributed by atoms with Crippen LogP contribution in [-0.4, -0.2) is 59.1 Å². The van der Waals surface area contributed by atoms with E-state index in [1.807, 2.05) is 0 Å². The second kappa shape index (κ2) is 7.43. The Balaban J connectivity index is 1.96. The molecule has 2 aliphatic heterocycles. The average molecular weight is 410 g/mol. The molecule has 0 aromatic heterocycles. The maximum absolute atomic E-state index is 12.0. The molecule has 1 aromatic rings. The smallest absolute Gasteiger partial charge is 0.303 e. The topological polar surface area (TPSA) is 121 Å². The van der Waals surface area contributed by atoms with Crippen LogP contribution in [0.5, 0.6) is 0 Å². The number of carbonyl (C=O) groups is 3. The average Bonchev–Trinajstić information content (AvgIpc) is 3.03. The molecule has 2 saturated heterocycles. The lowest BCUT2D eigenvalue weighted by molar-refractivity contribution is -0.138. The van der Waals surface area contributed by atoms with Crippen molar-refractivity contribution < 1.29 is 27.9 Å². The van der Waals surface area contributed by atoms with Gasteiger partial charge in [0, 0.05) is 22.9 Å². The molecule has 1 aromatic carbocycles. The highest BCUT2D eigenvalue weighted by atomic mass is 32.2. The van der Waals surface area contributed by atoms with Gasteiger partial charge in [-0.1, -0.05) is 23.9 Å². The molecule has 3 rings (SSSR count). The van der Waals surface area contributed by atoms with Crippen LogP contribution in [0.2, 0.25) is 0 Å². The number of carboxylic acids is 1. The Morgan fingerprint density at radius 2 is 2.00 bits per heavy atom. The fraction of sp³-hybridized carbons (Fsp3) is 0.412. The first-order chi connectivity index (χ1) is 12.7. The number of hydrogen-bond acceptors (Lipinski definition) is 6. The van der Waals surface area contributed by atoms with Gasteiger partial charge in [-0.2, -0.15) is 4.99 Å². The zero-order valence-electron chi connectivity index (χ0n) is 14.5. The van der Waals surface area contributed by atoms with Crippen LogP contribution in [-0.2, 0) is 19.4 Å². The molecule has 0 spiro atoms. The van der Waals surface area contributed by atoms with E-state index in [0.29, 0.717) is 16.4 Å². The molecule has 2 aliphatic rings. The van der Waals surface area contributed by atoms with Crippen molar-refractivity contribution in [1.29, 1.82) is 0 Å². The van der Waals surface area contributed by atoms with Crippen molar-refractivity contribution in [3.63, 3.8) is 0 Å². The molecule has 1 N–H and O–H groups in total. The zero-order chi connectivity index (χ0) is 19.8. The summed E-state index contributed by atoms with van der Waals surface area (Å²) in [6.45, 7) is 1.44. The summed E-state index contributed by atoms with van der Waals surface area (Å²) in [6, 6.07) is 6.35. The van der Waals surface area contributed by atoms with Crippen LogP contribution in [0.25, 0.3) is 0 Å². The van der Waals surface area contributed by atoms with Crippen molar-refractivity contribution in [2.75, 3.05) is 16.4 Å². The minimum Gasteiger partial charge on any atom is -0.481 e. The third-order valence-electron chi connectivity index (χ3n) is 4.37. The molecule has 0 bridgehead atoms. The van der Waals surface area contributed by atoms with E-state index in [1.54, 1.807) is 29.2 Å². The Morgan fingerprint density at radius 3 is 2.67 bits per heavy atom. The molecular weight excluding hydrogens is 392 g/mol. The molecule has 1 amide bonds. The number of fused-ring (bicyclic) bond motifs is 1. The van der Waals surface area contributed by atoms with Crippen molar-refractivity contribution in [2.45, 2.75) is 31.1 Å². The van der Waals surface area contributed by atoms with Crippen molar-refractivity contribution in [1.82, 2.24) is 0 Å². The lowest BCUT2D eigenvalue weighted by Crippen LogP contribution is -2.37. The van der Waals surface area contributed by atoms with Gasteiger partial charge in [-0.25, -0.2) is 8.42 Å². The number of carboxylic acid groups (broad SMARTS) is 1. The van der Waals surface area contributed by atoms with Gasteiger partial charge in [-0.3, -0.25) is 14.4 Å². The number of sulfone groups is 1. The molecule has 0 aliphatic carbocycles. The molecule has 2 atom stereocenters. The first kappa shape index (κ1) is 19.6. The van der Waals surface area contributed by atoms with Crippen molar-refractivity contribution in [3.8, 4) is 0 Å². The van der Waals surface area contributed by atoms with E-state index in [4.69, 9.17) is 5.11 Å². The number of hydrogen-bond donors (Lipinski definition) is 1. The molecule has 2 unspecified atom stereocenters. The van der Waals surface area contributed by atoms with Crippen LogP contribution >= 0.6 is 11.8 Å². The Kier molecular flexibility index (Phi) is 5.38. The van der Waals surface area contributed by atoms with Crippen LogP contribution in [0.4, 0.5) is 5.69 Å². The van der Waals surface area contributed by atoms with Crippen molar-refractivity contribution in [3.05, 3.63) is 29.8 Å². The third-order valence-corrected chi connectivity index (χ3v) is 7.58. The van der Waals surface area contributed by atoms with E-state index in [2.05, 4.69) is 4.99 Å². The fourth-order valence-corrected chi connectivity index (χ4v) is 7.05. The lowest BCUT2D eigenvalue weighted by atomic mass is 10.1. The number of nitrogens with zero attached hydrogens (tertiary/aromatic N) is 2. The molecule has 0 radical (unpaired) electrons. The van der Waals surface area contributed by atoms with E-state index < -0.39 is 21.7 Å². The van der Waals surface area contributed by atoms with Gasteiger partial charge in [0.15, 0.2) is 20.8 Å². The molecule has 0 saturated carbocycles. The van der Waals surface area contributed by atoms with E-state index in [9.17, 15) is 22.8 Å². The molecular formula is C17H18N2O6S2. The number of amidine groups is 1. The van der Waals surface area contributed by atoms with Gasteiger partial charge in [0.05, 0.1) is 24.0 Å². The molecule has 10 heteroatoms. The number of benzene rings is 1. The number of aliphatic imine (C=N–C) groups is 1. The number of Topliss-reactive ketones (excluding diaryl/α,β-unsaturated/α-hetero) is 1. The summed E-state index contributed by atoms with van der Waals surface area (Å²) in [5, 5.41) is 8.79. The highest BCUT2D eigenvalue weighted by Gasteiger charge is 2.49. The highest BCUT2D eigenvalue weighted by molar-refractivity contribution is 8.16. The van der Waals surface area contributed by atoms with Crippen LogP contribution in [0.1, 0.15) is 30.1 Å². The minimum absolute atomic E-state index is 0.00638. The normalized spacial score (nSPS) is 24.8. The molecule has 144 valence electrons. The quantitative estimate of drug-likeness (QED) is 0.722. The van der Waals surface area contributed by atoms with Gasteiger partial charge in [-0.15, -0.1) is 0 Å². The Hall–Kier alpha value is -2.20. The summed E-state index contributed by atoms with van der Waals surface area (Å²) in [5.41, 5.74) is 1.06. The van der Waals surface area contributed by atoms with Gasteiger partial charge in [-0.05, 0) is 19.1 Å². The number of aliphatic carboxylic acids is 1. The Bertz CT molecular complexity index is 940. The standard InChI is InChI=1S/C17H18N2O6S2/c1-10(20)11-3-2-4-12(7-11)19-13-8-27(24,25)9-14(13)26-17(19)18-15(21)5-6-16(22)23/h2-4,7,13-14H,5-6,8-9H2,1H3,(H,22,23). The summed E-state index contributed by atoms with van der Waals surface area (Å²) < 4.78 is 24.1. The second-order valence-corrected chi connectivity index (χ2v) is 9.82. The van der Waals surface area contributed by atoms with E-state index in [1.165, 1.54) is 18.7 Å². The first-order valence-corrected chi connectivity index (χ1v) is 11.0. The molecule has 27 heavy (non-hydrogen) atoms. The predicted octanol–water partition coefficient (Wildman–Crippen LogP) is 1.36. The number of rotatable bonds is 5. The van der Waals surface area contributed by atoms with Crippen molar-refractivity contribution in [2.24, 2.45) is 4.99 Å². The highest BCUT2D eigenvalue weighted by Crippen LogP contribution is 2.41. The Labute approximate surface area is 160 Å². The van der Waals surface area contributed by atoms with Crippen LogP contribution in [0.3, 0.4) is 0 Å². The summed E-state index contributed by atoms with van der Waals surface area (Å²) in [5.74, 6) is -1.85. The SMILES string of the molecule is CC(=O)c1cccc(N2C(=NC(=O)CCC(=O)O)SC3CS(=O)(=O)CC32)c1. The second-order valence-electron chi connectivity index (χ2n) is 6.46. The minimum atomic E-state index is -3.19. The summed E-state index contributed by atoms with van der Waals surface area (Å²) >= 11 is 1.21.